The highest BCUT2D eigenvalue weighted by molar-refractivity contribution is 7.98. The van der Waals surface area contributed by atoms with Gasteiger partial charge in [0.2, 0.25) is 5.89 Å². The number of halogens is 1. The van der Waals surface area contributed by atoms with Crippen LogP contribution in [0.5, 0.6) is 0 Å². The molecule has 2 aromatic carbocycles. The van der Waals surface area contributed by atoms with Gasteiger partial charge in [-0.25, -0.2) is 9.97 Å². The van der Waals surface area contributed by atoms with E-state index < -0.39 is 0 Å². The molecule has 4 aromatic rings. The maximum absolute atomic E-state index is 13.0. The Labute approximate surface area is 184 Å². The molecule has 2 aromatic heterocycles. The summed E-state index contributed by atoms with van der Waals surface area (Å²) < 4.78 is 7.63. The molecule has 0 N–H and O–H groups in total. The van der Waals surface area contributed by atoms with Gasteiger partial charge in [-0.1, -0.05) is 55.4 Å². The van der Waals surface area contributed by atoms with Crippen LogP contribution in [0.3, 0.4) is 0 Å². The van der Waals surface area contributed by atoms with Gasteiger partial charge in [0, 0.05) is 22.9 Å². The molecule has 7 heteroatoms. The van der Waals surface area contributed by atoms with Gasteiger partial charge in [-0.2, -0.15) is 0 Å². The molecular formula is C23H22ClN3O2S. The summed E-state index contributed by atoms with van der Waals surface area (Å²) in [5.41, 5.74) is 2.37. The molecule has 0 aliphatic heterocycles. The van der Waals surface area contributed by atoms with Crippen LogP contribution >= 0.6 is 23.4 Å². The monoisotopic (exact) mass is 439 g/mol. The number of hydrogen-bond donors (Lipinski definition) is 0. The Bertz CT molecular complexity index is 1260. The normalized spacial score (nSPS) is 11.5. The number of benzene rings is 2. The second-order valence-electron chi connectivity index (χ2n) is 7.54. The Balaban J connectivity index is 1.66. The number of para-hydroxylation sites is 1. The third-order valence-electron chi connectivity index (χ3n) is 4.68. The summed E-state index contributed by atoms with van der Waals surface area (Å²) in [6, 6.07) is 14.9. The number of aryl methyl sites for hydroxylation is 1. The van der Waals surface area contributed by atoms with Gasteiger partial charge in [-0.05, 0) is 43.2 Å². The van der Waals surface area contributed by atoms with Gasteiger partial charge in [-0.15, -0.1) is 0 Å². The summed E-state index contributed by atoms with van der Waals surface area (Å²) in [5.74, 6) is 2.17. The van der Waals surface area contributed by atoms with Gasteiger partial charge in [-0.3, -0.25) is 9.36 Å². The molecule has 0 saturated carbocycles. The van der Waals surface area contributed by atoms with E-state index in [1.165, 1.54) is 11.8 Å². The molecule has 0 spiro atoms. The van der Waals surface area contributed by atoms with E-state index in [0.717, 1.165) is 17.0 Å². The van der Waals surface area contributed by atoms with Gasteiger partial charge in [0.25, 0.3) is 5.56 Å². The van der Waals surface area contributed by atoms with Crippen molar-refractivity contribution < 1.29 is 4.42 Å². The minimum Gasteiger partial charge on any atom is -0.441 e. The van der Waals surface area contributed by atoms with Crippen LogP contribution in [0.25, 0.3) is 22.4 Å². The van der Waals surface area contributed by atoms with Crippen molar-refractivity contribution in [1.29, 1.82) is 0 Å². The van der Waals surface area contributed by atoms with Crippen LogP contribution < -0.4 is 5.56 Å². The lowest BCUT2D eigenvalue weighted by molar-refractivity contribution is 0.475. The standard InChI is InChI=1S/C23H22ClN3O2S/c1-14(2)12-27-22(28)18-9-4-5-10-19(18)26-23(27)30-13-20-15(3)29-21(25-20)16-7-6-8-17(24)11-16/h4-11,14H,12-13H2,1-3H3. The second kappa shape index (κ2) is 8.66. The van der Waals surface area contributed by atoms with Gasteiger partial charge in [0.05, 0.1) is 16.6 Å². The first kappa shape index (κ1) is 20.7. The predicted octanol–water partition coefficient (Wildman–Crippen LogP) is 5.96. The SMILES string of the molecule is Cc1oc(-c2cccc(Cl)c2)nc1CSc1nc2ccccc2c(=O)n1CC(C)C. The quantitative estimate of drug-likeness (QED) is 0.274. The molecule has 0 aliphatic carbocycles. The maximum atomic E-state index is 13.0. The molecule has 2 heterocycles. The Morgan fingerprint density at radius 2 is 1.93 bits per heavy atom. The zero-order valence-corrected chi connectivity index (χ0v) is 18.6. The smallest absolute Gasteiger partial charge is 0.262 e. The van der Waals surface area contributed by atoms with Gasteiger partial charge < -0.3 is 4.42 Å². The lowest BCUT2D eigenvalue weighted by Gasteiger charge is -2.14. The summed E-state index contributed by atoms with van der Waals surface area (Å²) in [6.07, 6.45) is 0. The largest absolute Gasteiger partial charge is 0.441 e. The molecule has 30 heavy (non-hydrogen) atoms. The Morgan fingerprint density at radius 1 is 1.13 bits per heavy atom. The Kier molecular flexibility index (Phi) is 5.97. The maximum Gasteiger partial charge on any atom is 0.262 e. The summed E-state index contributed by atoms with van der Waals surface area (Å²) in [5, 5.41) is 1.97. The first-order valence-electron chi connectivity index (χ1n) is 9.77. The second-order valence-corrected chi connectivity index (χ2v) is 8.92. The topological polar surface area (TPSA) is 60.9 Å². The van der Waals surface area contributed by atoms with Crippen molar-refractivity contribution in [3.05, 3.63) is 75.4 Å². The molecule has 0 saturated heterocycles. The van der Waals surface area contributed by atoms with Crippen molar-refractivity contribution in [3.8, 4) is 11.5 Å². The van der Waals surface area contributed by atoms with E-state index in [-0.39, 0.29) is 5.56 Å². The van der Waals surface area contributed by atoms with Crippen molar-refractivity contribution in [3.63, 3.8) is 0 Å². The minimum absolute atomic E-state index is 0.00621. The molecule has 0 fully saturated rings. The first-order chi connectivity index (χ1) is 14.4. The fourth-order valence-corrected chi connectivity index (χ4v) is 4.42. The number of oxazole rings is 1. The Morgan fingerprint density at radius 3 is 2.70 bits per heavy atom. The zero-order valence-electron chi connectivity index (χ0n) is 17.1. The Hall–Kier alpha value is -2.57. The number of aromatic nitrogens is 3. The van der Waals surface area contributed by atoms with Gasteiger partial charge >= 0.3 is 0 Å². The van der Waals surface area contributed by atoms with Gasteiger partial charge in [0.1, 0.15) is 5.76 Å². The van der Waals surface area contributed by atoms with Crippen LogP contribution in [0.15, 0.2) is 62.9 Å². The minimum atomic E-state index is -0.00621. The lowest BCUT2D eigenvalue weighted by atomic mass is 10.2. The van der Waals surface area contributed by atoms with Crippen molar-refractivity contribution in [2.45, 2.75) is 38.2 Å². The number of rotatable bonds is 6. The molecule has 0 unspecified atom stereocenters. The third-order valence-corrected chi connectivity index (χ3v) is 5.90. The molecule has 0 aliphatic rings. The highest BCUT2D eigenvalue weighted by atomic mass is 35.5. The summed E-state index contributed by atoms with van der Waals surface area (Å²) >= 11 is 7.59. The van der Waals surface area contributed by atoms with Crippen LogP contribution in [-0.4, -0.2) is 14.5 Å². The van der Waals surface area contributed by atoms with Gasteiger partial charge in [0.15, 0.2) is 5.16 Å². The molecule has 154 valence electrons. The number of thioether (sulfide) groups is 1. The van der Waals surface area contributed by atoms with Crippen LogP contribution in [0.2, 0.25) is 5.02 Å². The van der Waals surface area contributed by atoms with E-state index in [0.29, 0.717) is 45.2 Å². The van der Waals surface area contributed by atoms with Crippen molar-refractivity contribution >= 4 is 34.3 Å². The number of nitrogens with zero attached hydrogens (tertiary/aromatic N) is 3. The molecule has 4 rings (SSSR count). The van der Waals surface area contributed by atoms with E-state index in [9.17, 15) is 4.79 Å². The number of hydrogen-bond acceptors (Lipinski definition) is 5. The van der Waals surface area contributed by atoms with Crippen molar-refractivity contribution in [2.24, 2.45) is 5.92 Å². The number of fused-ring (bicyclic) bond motifs is 1. The lowest BCUT2D eigenvalue weighted by Crippen LogP contribution is -2.25. The molecule has 5 nitrogen and oxygen atoms in total. The molecule has 0 radical (unpaired) electrons. The molecule has 0 bridgehead atoms. The van der Waals surface area contributed by atoms with Crippen LogP contribution in [0.4, 0.5) is 0 Å². The fraction of sp³-hybridized carbons (Fsp3) is 0.261. The average Bonchev–Trinajstić information content (AvgIpc) is 3.09. The summed E-state index contributed by atoms with van der Waals surface area (Å²) in [4.78, 5) is 22.5. The first-order valence-corrected chi connectivity index (χ1v) is 11.1. The van der Waals surface area contributed by atoms with Crippen molar-refractivity contribution in [1.82, 2.24) is 14.5 Å². The predicted molar refractivity (Wildman–Crippen MR) is 122 cm³/mol. The van der Waals surface area contributed by atoms with E-state index in [1.54, 1.807) is 4.57 Å². The third kappa shape index (κ3) is 4.30. The summed E-state index contributed by atoms with van der Waals surface area (Å²) in [6.45, 7) is 6.70. The van der Waals surface area contributed by atoms with Crippen LogP contribution in [0.1, 0.15) is 25.3 Å². The highest BCUT2D eigenvalue weighted by Gasteiger charge is 2.16. The van der Waals surface area contributed by atoms with E-state index in [4.69, 9.17) is 21.0 Å². The average molecular weight is 440 g/mol. The van der Waals surface area contributed by atoms with E-state index in [2.05, 4.69) is 18.8 Å². The van der Waals surface area contributed by atoms with Crippen LogP contribution in [-0.2, 0) is 12.3 Å². The van der Waals surface area contributed by atoms with E-state index >= 15 is 0 Å². The van der Waals surface area contributed by atoms with E-state index in [1.807, 2.05) is 55.5 Å². The van der Waals surface area contributed by atoms with Crippen LogP contribution in [0, 0.1) is 12.8 Å². The molecule has 0 amide bonds. The fourth-order valence-electron chi connectivity index (χ4n) is 3.22. The highest BCUT2D eigenvalue weighted by Crippen LogP contribution is 2.28. The van der Waals surface area contributed by atoms with Crippen molar-refractivity contribution in [2.75, 3.05) is 0 Å². The molecule has 0 atom stereocenters. The molecular weight excluding hydrogens is 418 g/mol. The zero-order chi connectivity index (χ0) is 21.3. The summed E-state index contributed by atoms with van der Waals surface area (Å²) in [7, 11) is 0.